The fraction of sp³-hybridized carbons (Fsp3) is 0.258. The van der Waals surface area contributed by atoms with Crippen molar-refractivity contribution in [1.29, 1.82) is 0 Å². The summed E-state index contributed by atoms with van der Waals surface area (Å²) in [7, 11) is -4.28. The first kappa shape index (κ1) is 28.7. The van der Waals surface area contributed by atoms with E-state index >= 15 is 4.39 Å². The van der Waals surface area contributed by atoms with Crippen molar-refractivity contribution in [3.8, 4) is 11.1 Å². The minimum atomic E-state index is -4.28. The lowest BCUT2D eigenvalue weighted by Crippen LogP contribution is -2.36. The predicted octanol–water partition coefficient (Wildman–Crippen LogP) is 4.75. The molecule has 2 aromatic carbocycles. The first-order valence-electron chi connectivity index (χ1n) is 13.7. The van der Waals surface area contributed by atoms with Gasteiger partial charge in [0.25, 0.3) is 0 Å². The molecule has 0 unspecified atom stereocenters. The number of benzene rings is 2. The molecule has 0 radical (unpaired) electrons. The Bertz CT molecular complexity index is 1910. The van der Waals surface area contributed by atoms with Crippen molar-refractivity contribution in [1.82, 2.24) is 14.7 Å². The first-order chi connectivity index (χ1) is 20.7. The number of hydrogen-bond donors (Lipinski definition) is 0. The standard InChI is InChI=1S/C31H28F2N4O5S/c1-20-11-25(35-42-20)15-26(38)19-43(39,40)29-18-37(28-14-24(32)13-27(33)31(28)29)17-21-3-2-4-22(12-21)23-5-6-30(34-16-23)36-7-9-41-10-8-36/h2-6,11-14,16,18H,7-10,15,17,19H2,1H3. The van der Waals surface area contributed by atoms with Gasteiger partial charge in [-0.3, -0.25) is 4.79 Å². The van der Waals surface area contributed by atoms with Gasteiger partial charge in [0.2, 0.25) is 0 Å². The van der Waals surface area contributed by atoms with Gasteiger partial charge in [0.15, 0.2) is 15.6 Å². The zero-order valence-electron chi connectivity index (χ0n) is 23.3. The number of ether oxygens (including phenoxy) is 1. The number of ketones is 1. The number of sulfone groups is 1. The van der Waals surface area contributed by atoms with E-state index in [1.807, 2.05) is 36.4 Å². The highest BCUT2D eigenvalue weighted by Crippen LogP contribution is 2.31. The van der Waals surface area contributed by atoms with E-state index in [1.54, 1.807) is 19.2 Å². The van der Waals surface area contributed by atoms with Crippen LogP contribution in [0.2, 0.25) is 0 Å². The summed E-state index contributed by atoms with van der Waals surface area (Å²) in [6, 6.07) is 14.8. The Morgan fingerprint density at radius 3 is 2.56 bits per heavy atom. The first-order valence-corrected chi connectivity index (χ1v) is 15.3. The molecular formula is C31H28F2N4O5S. The average molecular weight is 607 g/mol. The predicted molar refractivity (Wildman–Crippen MR) is 156 cm³/mol. The molecule has 4 heterocycles. The van der Waals surface area contributed by atoms with Crippen molar-refractivity contribution in [2.45, 2.75) is 24.8 Å². The van der Waals surface area contributed by atoms with Crippen molar-refractivity contribution >= 4 is 32.3 Å². The number of hydrogen-bond acceptors (Lipinski definition) is 8. The smallest absolute Gasteiger partial charge is 0.187 e. The van der Waals surface area contributed by atoms with E-state index in [2.05, 4.69) is 15.0 Å². The molecule has 9 nitrogen and oxygen atoms in total. The summed E-state index contributed by atoms with van der Waals surface area (Å²) in [4.78, 5) is 19.0. The van der Waals surface area contributed by atoms with Gasteiger partial charge in [0.05, 0.1) is 41.1 Å². The van der Waals surface area contributed by atoms with Crippen LogP contribution in [0.3, 0.4) is 0 Å². The van der Waals surface area contributed by atoms with Crippen LogP contribution in [0.25, 0.3) is 22.0 Å². The lowest BCUT2D eigenvalue weighted by atomic mass is 10.0. The number of nitrogens with zero attached hydrogens (tertiary/aromatic N) is 4. The van der Waals surface area contributed by atoms with Gasteiger partial charge < -0.3 is 18.7 Å². The molecule has 1 aliphatic rings. The summed E-state index contributed by atoms with van der Waals surface area (Å²) < 4.78 is 68.0. The summed E-state index contributed by atoms with van der Waals surface area (Å²) in [6.07, 6.45) is 2.81. The number of pyridine rings is 1. The van der Waals surface area contributed by atoms with E-state index in [-0.39, 0.29) is 28.8 Å². The van der Waals surface area contributed by atoms with Crippen LogP contribution in [0.15, 0.2) is 76.4 Å². The summed E-state index contributed by atoms with van der Waals surface area (Å²) in [6.45, 7) is 4.67. The molecule has 1 fully saturated rings. The highest BCUT2D eigenvalue weighted by Gasteiger charge is 2.27. The summed E-state index contributed by atoms with van der Waals surface area (Å²) >= 11 is 0. The number of Topliss-reactive ketones (excluding diaryl/α,β-unsaturated/α-hetero) is 1. The highest BCUT2D eigenvalue weighted by molar-refractivity contribution is 7.92. The zero-order valence-corrected chi connectivity index (χ0v) is 24.1. The Kier molecular flexibility index (Phi) is 7.80. The third-order valence-electron chi connectivity index (χ3n) is 7.30. The molecular weight excluding hydrogens is 578 g/mol. The molecule has 0 saturated carbocycles. The molecule has 1 aliphatic heterocycles. The third kappa shape index (κ3) is 6.20. The van der Waals surface area contributed by atoms with Crippen LogP contribution in [-0.2, 0) is 32.3 Å². The lowest BCUT2D eigenvalue weighted by Gasteiger charge is -2.27. The Labute approximate surface area is 246 Å². The molecule has 12 heteroatoms. The SMILES string of the molecule is Cc1cc(CC(=O)CS(=O)(=O)c2cn(Cc3cccc(-c4ccc(N5CCOCC5)nc4)c3)c3cc(F)cc(F)c23)no1. The zero-order chi connectivity index (χ0) is 30.1. The number of fused-ring (bicyclic) bond motifs is 1. The Morgan fingerprint density at radius 2 is 1.84 bits per heavy atom. The number of aromatic nitrogens is 3. The second-order valence-corrected chi connectivity index (χ2v) is 12.5. The number of carbonyl (C=O) groups is 1. The Balaban J connectivity index is 1.28. The number of aryl methyl sites for hydroxylation is 1. The van der Waals surface area contributed by atoms with Crippen molar-refractivity contribution < 1.29 is 31.3 Å². The third-order valence-corrected chi connectivity index (χ3v) is 8.98. The van der Waals surface area contributed by atoms with Gasteiger partial charge in [-0.15, -0.1) is 0 Å². The fourth-order valence-electron chi connectivity index (χ4n) is 5.30. The molecule has 5 aromatic rings. The number of morpholine rings is 1. The van der Waals surface area contributed by atoms with Gasteiger partial charge >= 0.3 is 0 Å². The maximum atomic E-state index is 15.1. The molecule has 0 atom stereocenters. The van der Waals surface area contributed by atoms with Gasteiger partial charge in [0, 0.05) is 49.7 Å². The molecule has 43 heavy (non-hydrogen) atoms. The molecule has 0 spiro atoms. The second kappa shape index (κ2) is 11.7. The summed E-state index contributed by atoms with van der Waals surface area (Å²) in [5, 5.41) is 3.47. The molecule has 6 rings (SSSR count). The van der Waals surface area contributed by atoms with Gasteiger partial charge in [-0.2, -0.15) is 0 Å². The van der Waals surface area contributed by atoms with E-state index in [0.29, 0.717) is 30.7 Å². The minimum Gasteiger partial charge on any atom is -0.378 e. The molecule has 1 saturated heterocycles. The average Bonchev–Trinajstić information content (AvgIpc) is 3.56. The number of carbonyl (C=O) groups excluding carboxylic acids is 1. The largest absolute Gasteiger partial charge is 0.378 e. The van der Waals surface area contributed by atoms with Gasteiger partial charge in [-0.1, -0.05) is 23.4 Å². The van der Waals surface area contributed by atoms with Crippen molar-refractivity contribution in [2.24, 2.45) is 0 Å². The Hall–Kier alpha value is -4.42. The molecule has 222 valence electrons. The van der Waals surface area contributed by atoms with E-state index in [4.69, 9.17) is 9.26 Å². The lowest BCUT2D eigenvalue weighted by molar-refractivity contribution is -0.116. The van der Waals surface area contributed by atoms with Crippen LogP contribution >= 0.6 is 0 Å². The van der Waals surface area contributed by atoms with Crippen LogP contribution in [0.1, 0.15) is 17.0 Å². The van der Waals surface area contributed by atoms with E-state index in [1.165, 1.54) is 10.8 Å². The topological polar surface area (TPSA) is 108 Å². The van der Waals surface area contributed by atoms with Gasteiger partial charge in [-0.05, 0) is 42.3 Å². The number of halogens is 2. The van der Waals surface area contributed by atoms with Crippen LogP contribution in [0.5, 0.6) is 0 Å². The summed E-state index contributed by atoms with van der Waals surface area (Å²) in [5.41, 5.74) is 2.92. The Morgan fingerprint density at radius 1 is 1.02 bits per heavy atom. The normalized spacial score (nSPS) is 14.0. The molecule has 0 aliphatic carbocycles. The highest BCUT2D eigenvalue weighted by atomic mass is 32.2. The van der Waals surface area contributed by atoms with Crippen molar-refractivity contribution in [3.63, 3.8) is 0 Å². The van der Waals surface area contributed by atoms with Crippen LogP contribution in [-0.4, -0.2) is 61.0 Å². The second-order valence-electron chi connectivity index (χ2n) is 10.5. The maximum Gasteiger partial charge on any atom is 0.187 e. The van der Waals surface area contributed by atoms with Crippen LogP contribution in [0, 0.1) is 18.6 Å². The van der Waals surface area contributed by atoms with Crippen LogP contribution < -0.4 is 4.90 Å². The van der Waals surface area contributed by atoms with Gasteiger partial charge in [-0.25, -0.2) is 22.2 Å². The molecule has 0 N–H and O–H groups in total. The molecule has 0 bridgehead atoms. The van der Waals surface area contributed by atoms with Crippen LogP contribution in [0.4, 0.5) is 14.6 Å². The van der Waals surface area contributed by atoms with Crippen molar-refractivity contribution in [2.75, 3.05) is 37.0 Å². The van der Waals surface area contributed by atoms with E-state index < -0.39 is 33.0 Å². The maximum absolute atomic E-state index is 15.1. The van der Waals surface area contributed by atoms with E-state index in [0.717, 1.165) is 41.7 Å². The minimum absolute atomic E-state index is 0.0672. The molecule has 0 amide bonds. The summed E-state index contributed by atoms with van der Waals surface area (Å²) in [5.74, 6) is -1.99. The number of anilines is 1. The molecule has 3 aromatic heterocycles. The van der Waals surface area contributed by atoms with E-state index in [9.17, 15) is 17.6 Å². The quantitative estimate of drug-likeness (QED) is 0.237. The monoisotopic (exact) mass is 606 g/mol. The fourth-order valence-corrected chi connectivity index (χ4v) is 6.78. The van der Waals surface area contributed by atoms with Gasteiger partial charge in [0.1, 0.15) is 29.0 Å². The number of rotatable bonds is 9. The van der Waals surface area contributed by atoms with Crippen molar-refractivity contribution in [3.05, 3.63) is 95.6 Å².